The van der Waals surface area contributed by atoms with Crippen LogP contribution in [0.5, 0.6) is 0 Å². The number of halogens is 2. The maximum absolute atomic E-state index is 14.1. The van der Waals surface area contributed by atoms with Crippen LogP contribution in [0.2, 0.25) is 0 Å². The first-order valence-electron chi connectivity index (χ1n) is 10.5. The molecule has 4 rings (SSSR count). The Morgan fingerprint density at radius 2 is 1.72 bits per heavy atom. The summed E-state index contributed by atoms with van der Waals surface area (Å²) in [5.74, 6) is -2.71. The lowest BCUT2D eigenvalue weighted by Gasteiger charge is -2.39. The van der Waals surface area contributed by atoms with Gasteiger partial charge in [-0.3, -0.25) is 14.9 Å². The minimum absolute atomic E-state index is 0.132. The van der Waals surface area contributed by atoms with Gasteiger partial charge in [-0.1, -0.05) is 24.3 Å². The molecule has 2 aromatic rings. The number of carbonyl (C=O) groups excluding carboxylic acids is 2. The van der Waals surface area contributed by atoms with Crippen molar-refractivity contribution in [2.45, 2.75) is 13.0 Å². The lowest BCUT2D eigenvalue weighted by Crippen LogP contribution is -2.57. The zero-order valence-electron chi connectivity index (χ0n) is 17.6. The molecule has 1 amide bonds. The molecule has 2 aliphatic heterocycles. The first-order valence-corrected chi connectivity index (χ1v) is 10.5. The van der Waals surface area contributed by atoms with Crippen molar-refractivity contribution in [3.63, 3.8) is 0 Å². The molecule has 0 unspecified atom stereocenters. The average Bonchev–Trinajstić information content (AvgIpc) is 2.79. The summed E-state index contributed by atoms with van der Waals surface area (Å²) in [6.07, 6.45) is 0. The Kier molecular flexibility index (Phi) is 6.34. The Bertz CT molecular complexity index is 1020. The number of hydrogen-bond donors (Lipinski definition) is 1. The number of esters is 1. The van der Waals surface area contributed by atoms with Gasteiger partial charge in [0.25, 0.3) is 0 Å². The standard InChI is InChI=1S/C23H24F2N4O3/c1-2-32-22(31)19-20(15-7-9-16(24)10-8-15)26-23(27-21(19)30)29-13-11-28(12-14-29)18-6-4-3-5-17(18)25/h3-10,19-20H,2,11-14H2,1H3,(H,26,27,30)/t19-,20-/m1/s1. The Morgan fingerprint density at radius 3 is 2.38 bits per heavy atom. The third kappa shape index (κ3) is 4.42. The van der Waals surface area contributed by atoms with Crippen molar-refractivity contribution in [1.82, 2.24) is 10.2 Å². The highest BCUT2D eigenvalue weighted by Crippen LogP contribution is 2.31. The number of guanidine groups is 1. The second kappa shape index (κ2) is 9.33. The number of aliphatic imine (C=N–C) groups is 1. The van der Waals surface area contributed by atoms with E-state index >= 15 is 0 Å². The normalized spacial score (nSPS) is 21.1. The highest BCUT2D eigenvalue weighted by atomic mass is 19.1. The van der Waals surface area contributed by atoms with Crippen molar-refractivity contribution in [3.05, 3.63) is 65.7 Å². The zero-order valence-corrected chi connectivity index (χ0v) is 17.6. The van der Waals surface area contributed by atoms with Crippen LogP contribution in [0.4, 0.5) is 14.5 Å². The van der Waals surface area contributed by atoms with Crippen LogP contribution in [0.3, 0.4) is 0 Å². The van der Waals surface area contributed by atoms with E-state index in [2.05, 4.69) is 10.3 Å². The third-order valence-electron chi connectivity index (χ3n) is 5.62. The van der Waals surface area contributed by atoms with E-state index in [4.69, 9.17) is 4.74 Å². The number of para-hydroxylation sites is 1. The van der Waals surface area contributed by atoms with E-state index in [1.165, 1.54) is 30.3 Å². The highest BCUT2D eigenvalue weighted by Gasteiger charge is 2.42. The number of ether oxygens (including phenoxy) is 1. The Morgan fingerprint density at radius 1 is 1.06 bits per heavy atom. The second-order valence-corrected chi connectivity index (χ2v) is 7.59. The van der Waals surface area contributed by atoms with Gasteiger partial charge in [0.2, 0.25) is 11.9 Å². The first kappa shape index (κ1) is 21.7. The van der Waals surface area contributed by atoms with Gasteiger partial charge in [-0.25, -0.2) is 13.8 Å². The summed E-state index contributed by atoms with van der Waals surface area (Å²) in [5.41, 5.74) is 1.08. The van der Waals surface area contributed by atoms with E-state index in [1.807, 2.05) is 9.80 Å². The summed E-state index contributed by atoms with van der Waals surface area (Å²) in [4.78, 5) is 33.9. The van der Waals surface area contributed by atoms with Crippen molar-refractivity contribution >= 4 is 23.5 Å². The van der Waals surface area contributed by atoms with Crippen LogP contribution in [-0.4, -0.2) is 55.5 Å². The van der Waals surface area contributed by atoms with Crippen LogP contribution in [0.15, 0.2) is 53.5 Å². The van der Waals surface area contributed by atoms with Crippen LogP contribution in [-0.2, 0) is 14.3 Å². The van der Waals surface area contributed by atoms with Gasteiger partial charge >= 0.3 is 5.97 Å². The molecule has 1 saturated heterocycles. The van der Waals surface area contributed by atoms with Crippen LogP contribution in [0, 0.1) is 17.6 Å². The Hall–Kier alpha value is -3.49. The summed E-state index contributed by atoms with van der Waals surface area (Å²) in [6.45, 7) is 3.89. The second-order valence-electron chi connectivity index (χ2n) is 7.59. The van der Waals surface area contributed by atoms with Gasteiger partial charge in [-0.2, -0.15) is 0 Å². The van der Waals surface area contributed by atoms with Gasteiger partial charge in [0.1, 0.15) is 17.7 Å². The highest BCUT2D eigenvalue weighted by molar-refractivity contribution is 6.08. The number of benzene rings is 2. The number of nitrogens with zero attached hydrogens (tertiary/aromatic N) is 3. The molecule has 2 atom stereocenters. The molecule has 2 heterocycles. The largest absolute Gasteiger partial charge is 0.465 e. The average molecular weight is 442 g/mol. The molecule has 0 bridgehead atoms. The number of nitrogens with one attached hydrogen (secondary N) is 1. The van der Waals surface area contributed by atoms with Crippen molar-refractivity contribution in [3.8, 4) is 0 Å². The number of piperazine rings is 1. The molecule has 0 spiro atoms. The topological polar surface area (TPSA) is 74.2 Å². The summed E-state index contributed by atoms with van der Waals surface area (Å²) in [7, 11) is 0. The smallest absolute Gasteiger partial charge is 0.321 e. The quantitative estimate of drug-likeness (QED) is 0.582. The third-order valence-corrected chi connectivity index (χ3v) is 5.62. The van der Waals surface area contributed by atoms with Crippen molar-refractivity contribution < 1.29 is 23.1 Å². The zero-order chi connectivity index (χ0) is 22.7. The van der Waals surface area contributed by atoms with E-state index < -0.39 is 29.7 Å². The Balaban J connectivity index is 1.56. The summed E-state index contributed by atoms with van der Waals surface area (Å²) in [5, 5.41) is 2.72. The van der Waals surface area contributed by atoms with E-state index in [1.54, 1.807) is 25.1 Å². The number of rotatable bonds is 4. The van der Waals surface area contributed by atoms with Gasteiger partial charge in [0.05, 0.1) is 12.3 Å². The number of anilines is 1. The number of carbonyl (C=O) groups is 2. The van der Waals surface area contributed by atoms with Gasteiger partial charge in [-0.05, 0) is 36.8 Å². The minimum atomic E-state index is -1.16. The molecular formula is C23H24F2N4O3. The van der Waals surface area contributed by atoms with E-state index in [0.717, 1.165) is 0 Å². The maximum atomic E-state index is 14.1. The van der Waals surface area contributed by atoms with Gasteiger partial charge in [-0.15, -0.1) is 0 Å². The fourth-order valence-corrected chi connectivity index (χ4v) is 3.99. The molecule has 1 fully saturated rings. The molecule has 0 aliphatic carbocycles. The molecule has 0 aromatic heterocycles. The molecule has 9 heteroatoms. The molecule has 168 valence electrons. The molecule has 0 saturated carbocycles. The van der Waals surface area contributed by atoms with Crippen LogP contribution < -0.4 is 10.2 Å². The maximum Gasteiger partial charge on any atom is 0.321 e. The first-order chi connectivity index (χ1) is 15.5. The van der Waals surface area contributed by atoms with Crippen molar-refractivity contribution in [2.24, 2.45) is 10.9 Å². The van der Waals surface area contributed by atoms with Gasteiger partial charge in [0.15, 0.2) is 5.92 Å². The molecular weight excluding hydrogens is 418 g/mol. The summed E-state index contributed by atoms with van der Waals surface area (Å²) in [6, 6.07) is 11.3. The number of hydrogen-bond acceptors (Lipinski definition) is 6. The van der Waals surface area contributed by atoms with Crippen molar-refractivity contribution in [1.29, 1.82) is 0 Å². The molecule has 2 aromatic carbocycles. The molecule has 7 nitrogen and oxygen atoms in total. The molecule has 0 radical (unpaired) electrons. The summed E-state index contributed by atoms with van der Waals surface area (Å²) >= 11 is 0. The molecule has 32 heavy (non-hydrogen) atoms. The van der Waals surface area contributed by atoms with Crippen LogP contribution >= 0.6 is 0 Å². The van der Waals surface area contributed by atoms with E-state index in [9.17, 15) is 18.4 Å². The Labute approximate surface area is 184 Å². The van der Waals surface area contributed by atoms with E-state index in [0.29, 0.717) is 43.4 Å². The van der Waals surface area contributed by atoms with Gasteiger partial charge in [0, 0.05) is 26.2 Å². The minimum Gasteiger partial charge on any atom is -0.465 e. The lowest BCUT2D eigenvalue weighted by atomic mass is 9.91. The molecule has 2 aliphatic rings. The van der Waals surface area contributed by atoms with Crippen LogP contribution in [0.1, 0.15) is 18.5 Å². The van der Waals surface area contributed by atoms with Gasteiger partial charge < -0.3 is 14.5 Å². The van der Waals surface area contributed by atoms with E-state index in [-0.39, 0.29) is 12.4 Å². The monoisotopic (exact) mass is 442 g/mol. The van der Waals surface area contributed by atoms with Crippen LogP contribution in [0.25, 0.3) is 0 Å². The predicted molar refractivity (Wildman–Crippen MR) is 115 cm³/mol. The van der Waals surface area contributed by atoms with Crippen molar-refractivity contribution in [2.75, 3.05) is 37.7 Å². The summed E-state index contributed by atoms with van der Waals surface area (Å²) < 4.78 is 32.6. The number of amides is 1. The molecule has 1 N–H and O–H groups in total. The fraction of sp³-hybridized carbons (Fsp3) is 0.348. The lowest BCUT2D eigenvalue weighted by molar-refractivity contribution is -0.153. The fourth-order valence-electron chi connectivity index (χ4n) is 3.99. The SMILES string of the molecule is CCOC(=O)[C@H]1C(=O)NC(N2CCN(c3ccccc3F)CC2)=N[C@@H]1c1ccc(F)cc1. The predicted octanol–water partition coefficient (Wildman–Crippen LogP) is 2.49.